The zero-order chi connectivity index (χ0) is 54.6. The zero-order valence-electron chi connectivity index (χ0n) is 45.3. The zero-order valence-corrected chi connectivity index (χ0v) is 45.3. The molecule has 1 N–H and O–H groups in total. The molecule has 0 bridgehead atoms. The maximum atomic E-state index is 12.7. The van der Waals surface area contributed by atoms with E-state index in [2.05, 4.69) is 0 Å². The Labute approximate surface area is 470 Å². The quantitative estimate of drug-likeness (QED) is 0.0525. The summed E-state index contributed by atoms with van der Waals surface area (Å²) in [5.74, 6) is 0. The Morgan fingerprint density at radius 3 is 1.15 bits per heavy atom. The van der Waals surface area contributed by atoms with E-state index in [1.165, 1.54) is 0 Å². The highest BCUT2D eigenvalue weighted by Crippen LogP contribution is 2.37. The molecule has 13 nitrogen and oxygen atoms in total. The normalized spacial score (nSPS) is 26.9. The van der Waals surface area contributed by atoms with Crippen molar-refractivity contribution >= 4 is 0 Å². The number of hydrogen-bond acceptors (Lipinski definition) is 13. The molecule has 0 aromatic heterocycles. The van der Waals surface area contributed by atoms with Crippen LogP contribution in [0, 0.1) is 0 Å². The van der Waals surface area contributed by atoms with E-state index >= 15 is 0 Å². The molecule has 0 aliphatic carbocycles. The lowest BCUT2D eigenvalue weighted by Crippen LogP contribution is -2.64. The Balaban J connectivity index is 0.973. The van der Waals surface area contributed by atoms with Gasteiger partial charge < -0.3 is 61.9 Å². The Hall–Kier alpha value is -5.98. The summed E-state index contributed by atoms with van der Waals surface area (Å²) in [6.07, 6.45) is -10.5. The molecule has 13 heteroatoms. The molecule has 10 rings (SSSR count). The van der Waals surface area contributed by atoms with E-state index in [4.69, 9.17) is 56.8 Å². The lowest BCUT2D eigenvalue weighted by atomic mass is 9.96. The molecule has 0 amide bonds. The lowest BCUT2D eigenvalue weighted by molar-refractivity contribution is -0.367. The Kier molecular flexibility index (Phi) is 21.6. The van der Waals surface area contributed by atoms with Crippen LogP contribution in [0.3, 0.4) is 0 Å². The highest BCUT2D eigenvalue weighted by molar-refractivity contribution is 5.19. The van der Waals surface area contributed by atoms with Crippen molar-refractivity contribution in [1.29, 1.82) is 0 Å². The van der Waals surface area contributed by atoms with E-state index in [0.29, 0.717) is 32.8 Å². The van der Waals surface area contributed by atoms with Crippen LogP contribution in [0.1, 0.15) is 52.3 Å². The van der Waals surface area contributed by atoms with Crippen molar-refractivity contribution in [3.8, 4) is 0 Å². The molecule has 13 unspecified atom stereocenters. The molecule has 3 aliphatic rings. The topological polar surface area (TPSA) is 131 Å². The van der Waals surface area contributed by atoms with Crippen LogP contribution in [-0.2, 0) is 103 Å². The number of rotatable bonds is 27. The maximum absolute atomic E-state index is 12.7. The van der Waals surface area contributed by atoms with Crippen molar-refractivity contribution in [3.63, 3.8) is 0 Å². The van der Waals surface area contributed by atoms with Gasteiger partial charge >= 0.3 is 0 Å². The number of hydrogen-bond donors (Lipinski definition) is 1. The van der Waals surface area contributed by atoms with Gasteiger partial charge in [-0.1, -0.05) is 212 Å². The second-order valence-electron chi connectivity index (χ2n) is 20.5. The number of benzene rings is 7. The molecule has 0 radical (unpaired) electrons. The molecule has 13 atom stereocenters. The minimum absolute atomic E-state index is 0.0897. The van der Waals surface area contributed by atoms with Crippen molar-refractivity contribution in [1.82, 2.24) is 0 Å². The first kappa shape index (κ1) is 57.3. The van der Waals surface area contributed by atoms with Gasteiger partial charge in [-0.2, -0.15) is 0 Å². The van der Waals surface area contributed by atoms with Gasteiger partial charge in [0, 0.05) is 6.61 Å². The smallest absolute Gasteiger partial charge is 0.187 e. The summed E-state index contributed by atoms with van der Waals surface area (Å²) in [5.41, 5.74) is 6.84. The van der Waals surface area contributed by atoms with Gasteiger partial charge in [-0.05, 0) is 52.3 Å². The third kappa shape index (κ3) is 16.4. The fourth-order valence-corrected chi connectivity index (χ4v) is 10.4. The van der Waals surface area contributed by atoms with Crippen LogP contribution < -0.4 is 0 Å². The molecule has 0 spiro atoms. The monoisotopic (exact) mass is 1090 g/mol. The van der Waals surface area contributed by atoms with Crippen LogP contribution in [0.25, 0.3) is 0 Å². The van der Waals surface area contributed by atoms with Crippen molar-refractivity contribution in [2.75, 3.05) is 19.8 Å². The minimum atomic E-state index is -1.22. The van der Waals surface area contributed by atoms with Crippen molar-refractivity contribution in [2.45, 2.75) is 139 Å². The first-order valence-electron chi connectivity index (χ1n) is 27.9. The summed E-state index contributed by atoms with van der Waals surface area (Å²) in [6.45, 7) is 4.44. The van der Waals surface area contributed by atoms with Crippen molar-refractivity contribution < 1.29 is 61.9 Å². The predicted octanol–water partition coefficient (Wildman–Crippen LogP) is 10.7. The average molecular weight is 1090 g/mol. The van der Waals surface area contributed by atoms with Crippen LogP contribution >= 0.6 is 0 Å². The molecule has 420 valence electrons. The molecule has 3 heterocycles. The largest absolute Gasteiger partial charge is 0.387 e. The summed E-state index contributed by atoms with van der Waals surface area (Å²) >= 11 is 0. The lowest BCUT2D eigenvalue weighted by Gasteiger charge is -2.49. The molecule has 3 aliphatic heterocycles. The van der Waals surface area contributed by atoms with Gasteiger partial charge in [0.05, 0.1) is 71.7 Å². The molecular formula is C67H74O13. The third-order valence-electron chi connectivity index (χ3n) is 14.6. The Bertz CT molecular complexity index is 2780. The third-order valence-corrected chi connectivity index (χ3v) is 14.6. The minimum Gasteiger partial charge on any atom is -0.387 e. The van der Waals surface area contributed by atoms with E-state index < -0.39 is 79.7 Å². The van der Waals surface area contributed by atoms with Crippen LogP contribution in [0.15, 0.2) is 212 Å². The maximum Gasteiger partial charge on any atom is 0.187 e. The van der Waals surface area contributed by atoms with Gasteiger partial charge in [-0.25, -0.2) is 0 Å². The highest BCUT2D eigenvalue weighted by Gasteiger charge is 2.53. The van der Waals surface area contributed by atoms with Gasteiger partial charge in [0.25, 0.3) is 0 Å². The van der Waals surface area contributed by atoms with Crippen LogP contribution in [0.5, 0.6) is 0 Å². The standard InChI is InChI=1S/C67H74O13/c1-48-60(72-41-51-27-13-4-14-28-51)64(75-44-54-33-19-7-20-34-54)65(76-45-55-35-21-8-22-36-55)67(77-48)80-61-56(37-38-71-57(61)46-69-39-49-23-9-2-10-24-49)78-66-63(74-43-53-31-17-6-18-32-53)59(68)62(73-42-52-29-15-5-16-30-52)58(79-66)47-70-40-50-25-11-3-12-26-50/h2-36,48,56-68H,37-47H2,1H3. The summed E-state index contributed by atoms with van der Waals surface area (Å²) in [5, 5.41) is 12.7. The van der Waals surface area contributed by atoms with Crippen molar-refractivity contribution in [3.05, 3.63) is 251 Å². The Morgan fingerprint density at radius 1 is 0.362 bits per heavy atom. The van der Waals surface area contributed by atoms with Crippen LogP contribution in [0.4, 0.5) is 0 Å². The van der Waals surface area contributed by atoms with Gasteiger partial charge in [0.1, 0.15) is 54.9 Å². The van der Waals surface area contributed by atoms with Crippen LogP contribution in [0.2, 0.25) is 0 Å². The molecule has 0 saturated carbocycles. The molecule has 80 heavy (non-hydrogen) atoms. The van der Waals surface area contributed by atoms with Gasteiger partial charge in [-0.3, -0.25) is 0 Å². The fourth-order valence-electron chi connectivity index (χ4n) is 10.4. The predicted molar refractivity (Wildman–Crippen MR) is 300 cm³/mol. The van der Waals surface area contributed by atoms with Gasteiger partial charge in [-0.15, -0.1) is 0 Å². The Morgan fingerprint density at radius 2 is 0.713 bits per heavy atom. The molecule has 7 aromatic carbocycles. The fraction of sp³-hybridized carbons (Fsp3) is 0.373. The number of ether oxygens (including phenoxy) is 12. The summed E-state index contributed by atoms with van der Waals surface area (Å²) in [4.78, 5) is 0. The second-order valence-corrected chi connectivity index (χ2v) is 20.5. The number of aliphatic hydroxyl groups excluding tert-OH is 1. The van der Waals surface area contributed by atoms with Crippen LogP contribution in [-0.4, -0.2) is 105 Å². The molecule has 3 saturated heterocycles. The molecule has 7 aromatic rings. The summed E-state index contributed by atoms with van der Waals surface area (Å²) in [6, 6.07) is 69.7. The van der Waals surface area contributed by atoms with Gasteiger partial charge in [0.2, 0.25) is 0 Å². The first-order chi connectivity index (χ1) is 39.5. The van der Waals surface area contributed by atoms with E-state index in [9.17, 15) is 5.11 Å². The van der Waals surface area contributed by atoms with E-state index in [0.717, 1.165) is 38.9 Å². The summed E-state index contributed by atoms with van der Waals surface area (Å²) in [7, 11) is 0. The SMILES string of the molecule is CC1OC(OC2C(COCc3ccccc3)OCCC2OC2OC(COCc3ccccc3)C(OCc3ccccc3)C(O)C2OCc2ccccc2)C(OCc2ccccc2)C(OCc2ccccc2)C1OCc1ccccc1. The van der Waals surface area contributed by atoms with Gasteiger partial charge in [0.15, 0.2) is 12.6 Å². The highest BCUT2D eigenvalue weighted by atomic mass is 16.8. The average Bonchev–Trinajstić information content (AvgIpc) is 3.55. The van der Waals surface area contributed by atoms with E-state index in [1.807, 2.05) is 219 Å². The van der Waals surface area contributed by atoms with E-state index in [-0.39, 0.29) is 39.6 Å². The van der Waals surface area contributed by atoms with Crippen molar-refractivity contribution in [2.24, 2.45) is 0 Å². The number of aliphatic hydroxyl groups is 1. The van der Waals surface area contributed by atoms with E-state index in [1.54, 1.807) is 0 Å². The molecular weight excluding hydrogens is 1010 g/mol. The summed E-state index contributed by atoms with van der Waals surface area (Å²) < 4.78 is 82.3. The second kappa shape index (κ2) is 30.2. The molecule has 3 fully saturated rings. The first-order valence-corrected chi connectivity index (χ1v) is 27.9.